The van der Waals surface area contributed by atoms with E-state index in [0.29, 0.717) is 31.2 Å². The molecule has 0 bridgehead atoms. The second-order valence-corrected chi connectivity index (χ2v) is 6.61. The molecule has 0 saturated carbocycles. The lowest BCUT2D eigenvalue weighted by Gasteiger charge is -2.26. The average Bonchev–Trinajstić information content (AvgIpc) is 3.34. The predicted molar refractivity (Wildman–Crippen MR) is 106 cm³/mol. The van der Waals surface area contributed by atoms with E-state index in [1.807, 2.05) is 35.8 Å². The summed E-state index contributed by atoms with van der Waals surface area (Å²) in [6.07, 6.45) is 3.34. The number of hydrogen-bond acceptors (Lipinski definition) is 9. The number of nitrogens with two attached hydrogens (primary N) is 1. The molecule has 0 radical (unpaired) electrons. The zero-order chi connectivity index (χ0) is 19.8. The van der Waals surface area contributed by atoms with Crippen molar-refractivity contribution in [3.63, 3.8) is 0 Å². The Kier molecular flexibility index (Phi) is 4.15. The highest BCUT2D eigenvalue weighted by Gasteiger charge is 2.23. The fourth-order valence-electron chi connectivity index (χ4n) is 3.44. The third-order valence-electron chi connectivity index (χ3n) is 4.78. The van der Waals surface area contributed by atoms with Gasteiger partial charge in [-0.25, -0.2) is 9.61 Å². The van der Waals surface area contributed by atoms with Crippen LogP contribution in [0.3, 0.4) is 0 Å². The molecule has 3 aromatic heterocycles. The zero-order valence-electron chi connectivity index (χ0n) is 15.7. The number of nitrogens with zero attached hydrogens (tertiary/aromatic N) is 5. The standard InChI is InChI=1S/C19H19N7O3/c1-2-26-17-12(22-7-11-10-27-14-5-3-4-6-15(14)28-11)8-21-9-13(17)23-19(26)16-18(20)25-29-24-16/h3-6,8-9,11,22H,2,7,10H2,1H3,(H2,20,25). The number of hydrogen-bond donors (Lipinski definition) is 2. The van der Waals surface area contributed by atoms with Crippen LogP contribution in [-0.2, 0) is 6.54 Å². The van der Waals surface area contributed by atoms with E-state index in [2.05, 4.69) is 25.6 Å². The number of aromatic nitrogens is 5. The summed E-state index contributed by atoms with van der Waals surface area (Å²) in [7, 11) is 0. The summed E-state index contributed by atoms with van der Waals surface area (Å²) >= 11 is 0. The van der Waals surface area contributed by atoms with E-state index in [9.17, 15) is 0 Å². The first-order valence-electron chi connectivity index (χ1n) is 9.29. The molecular formula is C19H19N7O3. The van der Waals surface area contributed by atoms with Crippen LogP contribution in [0.2, 0.25) is 0 Å². The van der Waals surface area contributed by atoms with Gasteiger partial charge in [0.2, 0.25) is 0 Å². The fourth-order valence-corrected chi connectivity index (χ4v) is 3.44. The van der Waals surface area contributed by atoms with Gasteiger partial charge < -0.3 is 25.1 Å². The molecule has 29 heavy (non-hydrogen) atoms. The number of nitrogens with one attached hydrogen (secondary N) is 1. The van der Waals surface area contributed by atoms with Gasteiger partial charge in [0.15, 0.2) is 28.8 Å². The molecule has 1 unspecified atom stereocenters. The molecule has 3 N–H and O–H groups in total. The Hall–Kier alpha value is -3.82. The van der Waals surface area contributed by atoms with Gasteiger partial charge in [-0.1, -0.05) is 12.1 Å². The summed E-state index contributed by atoms with van der Waals surface area (Å²) in [6, 6.07) is 7.65. The Morgan fingerprint density at radius 1 is 1.21 bits per heavy atom. The van der Waals surface area contributed by atoms with Crippen molar-refractivity contribution in [1.82, 2.24) is 24.8 Å². The minimum absolute atomic E-state index is 0.131. The molecular weight excluding hydrogens is 374 g/mol. The molecule has 10 heteroatoms. The van der Waals surface area contributed by atoms with Crippen molar-refractivity contribution in [3.8, 4) is 23.0 Å². The van der Waals surface area contributed by atoms with Gasteiger partial charge in [0.1, 0.15) is 18.2 Å². The third kappa shape index (κ3) is 2.98. The molecule has 0 fully saturated rings. The number of aryl methyl sites for hydroxylation is 1. The van der Waals surface area contributed by atoms with E-state index >= 15 is 0 Å². The van der Waals surface area contributed by atoms with Crippen LogP contribution in [0.15, 0.2) is 41.3 Å². The molecule has 148 valence electrons. The average molecular weight is 393 g/mol. The lowest BCUT2D eigenvalue weighted by molar-refractivity contribution is 0.0998. The van der Waals surface area contributed by atoms with Crippen LogP contribution in [0, 0.1) is 0 Å². The Morgan fingerprint density at radius 3 is 2.86 bits per heavy atom. The number of ether oxygens (including phenoxy) is 2. The molecule has 4 aromatic rings. The molecule has 0 amide bonds. The van der Waals surface area contributed by atoms with Crippen molar-refractivity contribution in [2.24, 2.45) is 0 Å². The Bertz CT molecular complexity index is 1170. The number of pyridine rings is 1. The molecule has 1 aliphatic heterocycles. The summed E-state index contributed by atoms with van der Waals surface area (Å²) in [5, 5.41) is 11.0. The van der Waals surface area contributed by atoms with Crippen LogP contribution in [0.25, 0.3) is 22.6 Å². The Morgan fingerprint density at radius 2 is 2.07 bits per heavy atom. The largest absolute Gasteiger partial charge is 0.486 e. The summed E-state index contributed by atoms with van der Waals surface area (Å²) in [5.41, 5.74) is 8.74. The number of rotatable bonds is 5. The highest BCUT2D eigenvalue weighted by Crippen LogP contribution is 2.32. The van der Waals surface area contributed by atoms with Crippen molar-refractivity contribution in [1.29, 1.82) is 0 Å². The molecule has 5 rings (SSSR count). The van der Waals surface area contributed by atoms with E-state index in [1.165, 1.54) is 0 Å². The van der Waals surface area contributed by atoms with Gasteiger partial charge in [0.05, 0.1) is 30.1 Å². The monoisotopic (exact) mass is 393 g/mol. The van der Waals surface area contributed by atoms with Gasteiger partial charge in [-0.2, -0.15) is 0 Å². The van der Waals surface area contributed by atoms with E-state index < -0.39 is 0 Å². The number of fused-ring (bicyclic) bond motifs is 2. The van der Waals surface area contributed by atoms with Gasteiger partial charge >= 0.3 is 0 Å². The first kappa shape index (κ1) is 17.3. The van der Waals surface area contributed by atoms with Crippen molar-refractivity contribution in [3.05, 3.63) is 36.7 Å². The van der Waals surface area contributed by atoms with Crippen molar-refractivity contribution < 1.29 is 14.1 Å². The number of para-hydroxylation sites is 2. The highest BCUT2D eigenvalue weighted by atomic mass is 16.6. The number of anilines is 2. The first-order valence-corrected chi connectivity index (χ1v) is 9.29. The smallest absolute Gasteiger partial charge is 0.199 e. The number of benzene rings is 1. The fraction of sp³-hybridized carbons (Fsp3) is 0.263. The van der Waals surface area contributed by atoms with Crippen molar-refractivity contribution >= 4 is 22.5 Å². The molecule has 0 aliphatic carbocycles. The quantitative estimate of drug-likeness (QED) is 0.525. The normalized spacial score (nSPS) is 15.6. The molecule has 1 aromatic carbocycles. The van der Waals surface area contributed by atoms with Crippen LogP contribution >= 0.6 is 0 Å². The molecule has 1 atom stereocenters. The minimum Gasteiger partial charge on any atom is -0.486 e. The molecule has 0 spiro atoms. The molecule has 10 nitrogen and oxygen atoms in total. The number of imidazole rings is 1. The maximum atomic E-state index is 6.02. The van der Waals surface area contributed by atoms with E-state index in [-0.39, 0.29) is 11.9 Å². The van der Waals surface area contributed by atoms with Crippen molar-refractivity contribution in [2.75, 3.05) is 24.2 Å². The first-order chi connectivity index (χ1) is 14.2. The van der Waals surface area contributed by atoms with Crippen LogP contribution < -0.4 is 20.5 Å². The summed E-state index contributed by atoms with van der Waals surface area (Å²) < 4.78 is 18.6. The zero-order valence-corrected chi connectivity index (χ0v) is 15.7. The summed E-state index contributed by atoms with van der Waals surface area (Å²) in [4.78, 5) is 8.94. The van der Waals surface area contributed by atoms with Crippen LogP contribution in [0.4, 0.5) is 11.5 Å². The summed E-state index contributed by atoms with van der Waals surface area (Å²) in [5.74, 6) is 2.30. The molecule has 4 heterocycles. The van der Waals surface area contributed by atoms with Crippen molar-refractivity contribution in [2.45, 2.75) is 19.6 Å². The predicted octanol–water partition coefficient (Wildman–Crippen LogP) is 2.34. The highest BCUT2D eigenvalue weighted by molar-refractivity contribution is 5.90. The Balaban J connectivity index is 1.44. The second-order valence-electron chi connectivity index (χ2n) is 6.61. The van der Waals surface area contributed by atoms with Gasteiger partial charge in [-0.3, -0.25) is 4.98 Å². The van der Waals surface area contributed by atoms with Crippen LogP contribution in [0.1, 0.15) is 6.92 Å². The lowest BCUT2D eigenvalue weighted by atomic mass is 10.2. The molecule has 0 saturated heterocycles. The van der Waals surface area contributed by atoms with Gasteiger partial charge in [0.25, 0.3) is 0 Å². The number of nitrogen functional groups attached to an aromatic ring is 1. The Labute approximate surface area is 165 Å². The second kappa shape index (κ2) is 6.97. The lowest BCUT2D eigenvalue weighted by Crippen LogP contribution is -2.35. The SMILES string of the molecule is CCn1c(-c2nonc2N)nc2cncc(NCC3COc4ccccc4O3)c21. The maximum absolute atomic E-state index is 6.02. The van der Waals surface area contributed by atoms with Crippen LogP contribution in [-0.4, -0.2) is 44.1 Å². The van der Waals surface area contributed by atoms with Gasteiger partial charge in [-0.15, -0.1) is 0 Å². The van der Waals surface area contributed by atoms with E-state index in [1.54, 1.807) is 12.4 Å². The maximum Gasteiger partial charge on any atom is 0.199 e. The van der Waals surface area contributed by atoms with E-state index in [0.717, 1.165) is 28.2 Å². The third-order valence-corrected chi connectivity index (χ3v) is 4.78. The summed E-state index contributed by atoms with van der Waals surface area (Å²) in [6.45, 7) is 3.70. The van der Waals surface area contributed by atoms with Gasteiger partial charge in [-0.05, 0) is 29.4 Å². The van der Waals surface area contributed by atoms with Gasteiger partial charge in [0, 0.05) is 6.54 Å². The topological polar surface area (TPSA) is 126 Å². The molecule has 1 aliphatic rings. The van der Waals surface area contributed by atoms with Crippen LogP contribution in [0.5, 0.6) is 11.5 Å². The minimum atomic E-state index is -0.131. The van der Waals surface area contributed by atoms with E-state index in [4.69, 9.17) is 19.8 Å².